The van der Waals surface area contributed by atoms with Crippen LogP contribution in [0.4, 0.5) is 5.69 Å². The highest BCUT2D eigenvalue weighted by molar-refractivity contribution is 6.06. The summed E-state index contributed by atoms with van der Waals surface area (Å²) in [5.74, 6) is 0.698. The fourth-order valence-corrected chi connectivity index (χ4v) is 3.20. The van der Waals surface area contributed by atoms with E-state index in [-0.39, 0.29) is 11.8 Å². The van der Waals surface area contributed by atoms with Crippen molar-refractivity contribution in [1.29, 1.82) is 0 Å². The Hall–Kier alpha value is -2.28. The molecule has 2 amide bonds. The Morgan fingerprint density at radius 3 is 2.62 bits per heavy atom. The van der Waals surface area contributed by atoms with Gasteiger partial charge in [-0.1, -0.05) is 20.3 Å². The van der Waals surface area contributed by atoms with Crippen LogP contribution in [-0.2, 0) is 16.0 Å². The first-order valence-corrected chi connectivity index (χ1v) is 9.10. The maximum absolute atomic E-state index is 12.9. The van der Waals surface area contributed by atoms with Crippen molar-refractivity contribution < 1.29 is 19.1 Å². The van der Waals surface area contributed by atoms with Crippen LogP contribution in [0.3, 0.4) is 0 Å². The normalized spacial score (nSPS) is 16.8. The monoisotopic (exact) mass is 363 g/mol. The second kappa shape index (κ2) is 8.89. The van der Waals surface area contributed by atoms with Gasteiger partial charge in [0.2, 0.25) is 11.8 Å². The van der Waals surface area contributed by atoms with Gasteiger partial charge in [-0.3, -0.25) is 14.5 Å². The predicted molar refractivity (Wildman–Crippen MR) is 101 cm³/mol. The number of nitrogens with zero attached hydrogens (tertiary/aromatic N) is 1. The number of hydrogen-bond donors (Lipinski definition) is 2. The number of nitrogens with two attached hydrogens (primary N) is 1. The number of carbonyl (C=O) groups is 2. The van der Waals surface area contributed by atoms with Crippen molar-refractivity contribution in [1.82, 2.24) is 5.32 Å². The molecule has 2 rings (SSSR count). The van der Waals surface area contributed by atoms with Crippen LogP contribution in [0, 0.1) is 0 Å². The largest absolute Gasteiger partial charge is 0.493 e. The van der Waals surface area contributed by atoms with Gasteiger partial charge in [-0.2, -0.15) is 0 Å². The molecule has 0 saturated carbocycles. The van der Waals surface area contributed by atoms with Crippen molar-refractivity contribution in [2.24, 2.45) is 5.73 Å². The lowest BCUT2D eigenvalue weighted by atomic mass is 10.1. The number of fused-ring (bicyclic) bond motifs is 1. The van der Waals surface area contributed by atoms with E-state index in [9.17, 15) is 9.59 Å². The van der Waals surface area contributed by atoms with Crippen molar-refractivity contribution in [2.75, 3.05) is 25.7 Å². The molecule has 1 aromatic carbocycles. The molecule has 0 radical (unpaired) electrons. The topological polar surface area (TPSA) is 93.9 Å². The Morgan fingerprint density at radius 1 is 1.31 bits per heavy atom. The lowest BCUT2D eigenvalue weighted by Crippen LogP contribution is -2.53. The van der Waals surface area contributed by atoms with Crippen molar-refractivity contribution in [3.63, 3.8) is 0 Å². The van der Waals surface area contributed by atoms with Gasteiger partial charge >= 0.3 is 0 Å². The van der Waals surface area contributed by atoms with Gasteiger partial charge in [0.15, 0.2) is 11.5 Å². The number of hydrogen-bond acceptors (Lipinski definition) is 5. The van der Waals surface area contributed by atoms with Crippen molar-refractivity contribution >= 4 is 17.5 Å². The minimum atomic E-state index is -0.653. The van der Waals surface area contributed by atoms with Crippen LogP contribution in [0.5, 0.6) is 11.5 Å². The van der Waals surface area contributed by atoms with E-state index in [0.29, 0.717) is 36.6 Å². The maximum Gasteiger partial charge on any atom is 0.244 e. The molecule has 0 fully saturated rings. The molecule has 1 aliphatic rings. The molecule has 0 bridgehead atoms. The molecule has 3 N–H and O–H groups in total. The van der Waals surface area contributed by atoms with Gasteiger partial charge in [0.1, 0.15) is 6.04 Å². The molecule has 1 heterocycles. The molecular formula is C19H29N3O4. The van der Waals surface area contributed by atoms with Crippen LogP contribution in [0.25, 0.3) is 0 Å². The van der Waals surface area contributed by atoms with Gasteiger partial charge < -0.3 is 20.5 Å². The number of anilines is 1. The van der Waals surface area contributed by atoms with Crippen molar-refractivity contribution in [2.45, 2.75) is 51.6 Å². The van der Waals surface area contributed by atoms with Crippen molar-refractivity contribution in [3.05, 3.63) is 17.7 Å². The highest BCUT2D eigenvalue weighted by Crippen LogP contribution is 2.43. The zero-order valence-corrected chi connectivity index (χ0v) is 16.0. The van der Waals surface area contributed by atoms with Crippen LogP contribution in [0.2, 0.25) is 0 Å². The summed E-state index contributed by atoms with van der Waals surface area (Å²) in [6, 6.07) is 2.25. The second-order valence-electron chi connectivity index (χ2n) is 6.39. The number of methoxy groups -OCH3 is 2. The summed E-state index contributed by atoms with van der Waals surface area (Å²) in [5.41, 5.74) is 7.44. The standard InChI is InChI=1S/C19H29N3O4/c1-5-7-10-21-18(23)15-11-12-14(22(15)19(24)13(20)6-2)8-9-16(25-3)17(12)26-4/h8-9,13,15H,5-7,10-11,20H2,1-4H3,(H,21,23)/t13-,15+/m0/s1. The zero-order valence-electron chi connectivity index (χ0n) is 16.0. The fourth-order valence-electron chi connectivity index (χ4n) is 3.20. The van der Waals surface area contributed by atoms with Gasteiger partial charge in [-0.15, -0.1) is 0 Å². The summed E-state index contributed by atoms with van der Waals surface area (Å²) in [6.45, 7) is 4.50. The van der Waals surface area contributed by atoms with E-state index < -0.39 is 12.1 Å². The molecule has 7 nitrogen and oxygen atoms in total. The third kappa shape index (κ3) is 3.77. The third-order valence-corrected chi connectivity index (χ3v) is 4.72. The highest BCUT2D eigenvalue weighted by Gasteiger charge is 2.41. The molecule has 144 valence electrons. The van der Waals surface area contributed by atoms with Gasteiger partial charge in [0, 0.05) is 18.5 Å². The summed E-state index contributed by atoms with van der Waals surface area (Å²) in [6.07, 6.45) is 2.75. The number of carbonyl (C=O) groups excluding carboxylic acids is 2. The Bertz CT molecular complexity index is 662. The first kappa shape index (κ1) is 20.0. The minimum absolute atomic E-state index is 0.174. The third-order valence-electron chi connectivity index (χ3n) is 4.72. The van der Waals surface area contributed by atoms with Gasteiger partial charge in [0.05, 0.1) is 25.9 Å². The first-order valence-electron chi connectivity index (χ1n) is 9.10. The molecule has 7 heteroatoms. The summed E-state index contributed by atoms with van der Waals surface area (Å²) in [5, 5.41) is 2.92. The number of ether oxygens (including phenoxy) is 2. The zero-order chi connectivity index (χ0) is 19.3. The number of benzene rings is 1. The van der Waals surface area contributed by atoms with Gasteiger partial charge in [-0.05, 0) is 25.0 Å². The van der Waals surface area contributed by atoms with E-state index in [4.69, 9.17) is 15.2 Å². The molecule has 0 spiro atoms. The number of rotatable bonds is 8. The average molecular weight is 363 g/mol. The SMILES string of the molecule is CCCCNC(=O)[C@H]1Cc2c(ccc(OC)c2OC)N1C(=O)[C@@H](N)CC. The molecule has 0 aromatic heterocycles. The number of nitrogens with one attached hydrogen (secondary N) is 1. The van der Waals surface area contributed by atoms with Gasteiger partial charge in [0.25, 0.3) is 0 Å². The van der Waals surface area contributed by atoms with Crippen LogP contribution < -0.4 is 25.4 Å². The molecule has 0 unspecified atom stereocenters. The summed E-state index contributed by atoms with van der Waals surface area (Å²) in [4.78, 5) is 27.2. The van der Waals surface area contributed by atoms with E-state index in [1.54, 1.807) is 26.4 Å². The van der Waals surface area contributed by atoms with Gasteiger partial charge in [-0.25, -0.2) is 0 Å². The minimum Gasteiger partial charge on any atom is -0.493 e. The molecule has 0 saturated heterocycles. The first-order chi connectivity index (χ1) is 12.5. The number of unbranched alkanes of at least 4 members (excludes halogenated alkanes) is 1. The number of amides is 2. The molecule has 0 aliphatic carbocycles. The lowest BCUT2D eigenvalue weighted by molar-refractivity contribution is -0.126. The Kier molecular flexibility index (Phi) is 6.85. The van der Waals surface area contributed by atoms with Crippen LogP contribution in [0.15, 0.2) is 12.1 Å². The highest BCUT2D eigenvalue weighted by atomic mass is 16.5. The van der Waals surface area contributed by atoms with E-state index in [2.05, 4.69) is 12.2 Å². The van der Waals surface area contributed by atoms with E-state index in [0.717, 1.165) is 18.4 Å². The molecule has 1 aromatic rings. The average Bonchev–Trinajstić information content (AvgIpc) is 3.05. The van der Waals surface area contributed by atoms with Crippen LogP contribution >= 0.6 is 0 Å². The van der Waals surface area contributed by atoms with Crippen LogP contribution in [0.1, 0.15) is 38.7 Å². The maximum atomic E-state index is 12.9. The molecule has 1 aliphatic heterocycles. The summed E-state index contributed by atoms with van der Waals surface area (Å²) in [7, 11) is 3.11. The Balaban J connectivity index is 2.42. The fraction of sp³-hybridized carbons (Fsp3) is 0.579. The predicted octanol–water partition coefficient (Wildman–Crippen LogP) is 1.62. The smallest absolute Gasteiger partial charge is 0.244 e. The van der Waals surface area contributed by atoms with E-state index >= 15 is 0 Å². The van der Waals surface area contributed by atoms with Crippen LogP contribution in [-0.4, -0.2) is 44.7 Å². The summed E-state index contributed by atoms with van der Waals surface area (Å²) < 4.78 is 10.8. The van der Waals surface area contributed by atoms with Crippen molar-refractivity contribution in [3.8, 4) is 11.5 Å². The second-order valence-corrected chi connectivity index (χ2v) is 6.39. The lowest BCUT2D eigenvalue weighted by Gasteiger charge is -2.27. The quantitative estimate of drug-likeness (QED) is 0.685. The Morgan fingerprint density at radius 2 is 2.04 bits per heavy atom. The Labute approximate surface area is 154 Å². The van der Waals surface area contributed by atoms with E-state index in [1.807, 2.05) is 6.92 Å². The van der Waals surface area contributed by atoms with E-state index in [1.165, 1.54) is 4.90 Å². The summed E-state index contributed by atoms with van der Waals surface area (Å²) >= 11 is 0. The molecule has 2 atom stereocenters. The molecule has 26 heavy (non-hydrogen) atoms. The molecular weight excluding hydrogens is 334 g/mol.